The van der Waals surface area contributed by atoms with E-state index in [-0.39, 0.29) is 24.3 Å². The van der Waals surface area contributed by atoms with Gasteiger partial charge >= 0.3 is 12.8 Å². The van der Waals surface area contributed by atoms with Crippen LogP contribution in [-0.2, 0) is 27.2 Å². The highest BCUT2D eigenvalue weighted by Gasteiger charge is 2.53. The Balaban J connectivity index is 1.91. The van der Waals surface area contributed by atoms with E-state index in [2.05, 4.69) is 20.0 Å². The first-order chi connectivity index (χ1) is 15.4. The van der Waals surface area contributed by atoms with Crippen LogP contribution >= 0.6 is 11.6 Å². The number of aldehydes is 1. The van der Waals surface area contributed by atoms with Gasteiger partial charge in [0, 0.05) is 12.6 Å². The number of halogens is 8. The maximum absolute atomic E-state index is 14.7. The van der Waals surface area contributed by atoms with Gasteiger partial charge in [-0.2, -0.15) is 22.0 Å². The Morgan fingerprint density at radius 1 is 1.27 bits per heavy atom. The van der Waals surface area contributed by atoms with Gasteiger partial charge in [-0.1, -0.05) is 11.6 Å². The highest BCUT2D eigenvalue weighted by molar-refractivity contribution is 6.30. The molecule has 178 valence electrons. The minimum atomic E-state index is -4.91. The number of hydrogen-bond donors (Lipinski definition) is 1. The molecule has 1 spiro atoms. The molecule has 6 nitrogen and oxygen atoms in total. The Morgan fingerprint density at radius 3 is 2.61 bits per heavy atom. The Labute approximate surface area is 186 Å². The average molecular weight is 500 g/mol. The molecule has 0 radical (unpaired) electrons. The molecular weight excluding hydrogens is 487 g/mol. The zero-order valence-electron chi connectivity index (χ0n) is 16.2. The molecule has 4 rings (SSSR count). The summed E-state index contributed by atoms with van der Waals surface area (Å²) < 4.78 is 104. The molecule has 1 fully saturated rings. The third kappa shape index (κ3) is 4.24. The quantitative estimate of drug-likeness (QED) is 0.375. The Bertz CT molecular complexity index is 1100. The van der Waals surface area contributed by atoms with Gasteiger partial charge in [0.15, 0.2) is 18.3 Å². The molecule has 1 N–H and O–H groups in total. The van der Waals surface area contributed by atoms with Crippen LogP contribution in [0.3, 0.4) is 0 Å². The van der Waals surface area contributed by atoms with Gasteiger partial charge in [0.2, 0.25) is 0 Å². The normalized spacial score (nSPS) is 24.2. The lowest BCUT2D eigenvalue weighted by atomic mass is 9.75. The number of fused-ring (bicyclic) bond motifs is 2. The van der Waals surface area contributed by atoms with Crippen molar-refractivity contribution in [2.45, 2.75) is 43.3 Å². The van der Waals surface area contributed by atoms with Crippen LogP contribution in [0.5, 0.6) is 5.75 Å². The second-order valence-electron chi connectivity index (χ2n) is 7.47. The standard InChI is InChI=1S/C19H13ClF7N3O3/c20-15-13-9(17(1-2-18(13,23)24)7-32-12(6-31)30-17)4-10(29-15)14-11(33-16(21)22)3-8(5-28-14)19(25,26)27/h3-6,12,16,30H,1-2,7H2/t12?,17-/m1/s1. The molecule has 1 aliphatic heterocycles. The summed E-state index contributed by atoms with van der Waals surface area (Å²) in [6.45, 7) is -3.70. The van der Waals surface area contributed by atoms with Crippen LogP contribution in [-0.4, -0.2) is 35.7 Å². The van der Waals surface area contributed by atoms with Crippen LogP contribution in [0.2, 0.25) is 5.15 Å². The van der Waals surface area contributed by atoms with Gasteiger partial charge in [-0.15, -0.1) is 0 Å². The lowest BCUT2D eigenvalue weighted by Gasteiger charge is -2.39. The van der Waals surface area contributed by atoms with Crippen molar-refractivity contribution in [3.05, 3.63) is 40.2 Å². The largest absolute Gasteiger partial charge is 0.432 e. The van der Waals surface area contributed by atoms with Gasteiger partial charge in [0.05, 0.1) is 29.0 Å². The summed E-state index contributed by atoms with van der Waals surface area (Å²) in [6, 6.07) is 1.35. The number of hydrogen-bond acceptors (Lipinski definition) is 6. The predicted octanol–water partition coefficient (Wildman–Crippen LogP) is 4.64. The molecule has 33 heavy (non-hydrogen) atoms. The van der Waals surface area contributed by atoms with Gasteiger partial charge in [-0.25, -0.2) is 13.8 Å². The van der Waals surface area contributed by atoms with Crippen molar-refractivity contribution in [3.63, 3.8) is 0 Å². The van der Waals surface area contributed by atoms with E-state index in [0.717, 1.165) is 6.07 Å². The molecule has 2 aliphatic rings. The van der Waals surface area contributed by atoms with Gasteiger partial charge < -0.3 is 9.47 Å². The zero-order valence-corrected chi connectivity index (χ0v) is 17.0. The fourth-order valence-electron chi connectivity index (χ4n) is 3.93. The van der Waals surface area contributed by atoms with Crippen molar-refractivity contribution in [1.29, 1.82) is 0 Å². The first-order valence-corrected chi connectivity index (χ1v) is 9.70. The monoisotopic (exact) mass is 499 g/mol. The molecule has 0 aromatic carbocycles. The highest BCUT2D eigenvalue weighted by atomic mass is 35.5. The van der Waals surface area contributed by atoms with E-state index >= 15 is 0 Å². The summed E-state index contributed by atoms with van der Waals surface area (Å²) in [5, 5.41) is 2.10. The van der Waals surface area contributed by atoms with Crippen LogP contribution in [0, 0.1) is 0 Å². The first kappa shape index (κ1) is 23.6. The first-order valence-electron chi connectivity index (χ1n) is 9.33. The van der Waals surface area contributed by atoms with Gasteiger partial charge in [-0.05, 0) is 24.1 Å². The molecule has 1 unspecified atom stereocenters. The van der Waals surface area contributed by atoms with Gasteiger partial charge in [-0.3, -0.25) is 15.1 Å². The van der Waals surface area contributed by atoms with Crippen molar-refractivity contribution in [2.24, 2.45) is 0 Å². The third-order valence-corrected chi connectivity index (χ3v) is 5.69. The number of nitrogens with zero attached hydrogens (tertiary/aromatic N) is 2. The third-order valence-electron chi connectivity index (χ3n) is 5.41. The summed E-state index contributed by atoms with van der Waals surface area (Å²) in [6.07, 6.45) is -6.04. The second kappa shape index (κ2) is 8.06. The molecule has 1 aliphatic carbocycles. The Hall–Kier alpha value is -2.51. The van der Waals surface area contributed by atoms with Crippen LogP contribution in [0.1, 0.15) is 29.5 Å². The van der Waals surface area contributed by atoms with E-state index < -0.39 is 64.6 Å². The number of nitrogens with one attached hydrogen (secondary N) is 1. The number of aromatic nitrogens is 2. The van der Waals surface area contributed by atoms with E-state index in [1.807, 2.05) is 0 Å². The fraction of sp³-hybridized carbons (Fsp3) is 0.421. The summed E-state index contributed by atoms with van der Waals surface area (Å²) in [5.74, 6) is -4.39. The van der Waals surface area contributed by atoms with Crippen LogP contribution < -0.4 is 10.1 Å². The van der Waals surface area contributed by atoms with E-state index in [1.165, 1.54) is 0 Å². The van der Waals surface area contributed by atoms with E-state index in [4.69, 9.17) is 16.3 Å². The number of rotatable bonds is 4. The zero-order chi connectivity index (χ0) is 24.2. The van der Waals surface area contributed by atoms with Crippen LogP contribution in [0.15, 0.2) is 18.3 Å². The minimum Gasteiger partial charge on any atom is -0.432 e. The van der Waals surface area contributed by atoms with Crippen molar-refractivity contribution in [2.75, 3.05) is 6.61 Å². The van der Waals surface area contributed by atoms with Gasteiger partial charge in [0.1, 0.15) is 10.8 Å². The molecule has 0 amide bonds. The number of alkyl halides is 7. The Morgan fingerprint density at radius 2 is 2.00 bits per heavy atom. The molecule has 0 saturated carbocycles. The topological polar surface area (TPSA) is 73.3 Å². The smallest absolute Gasteiger partial charge is 0.418 e. The van der Waals surface area contributed by atoms with Crippen LogP contribution in [0.4, 0.5) is 30.7 Å². The number of carbonyl (C=O) groups excluding carboxylic acids is 1. The number of ether oxygens (including phenoxy) is 2. The molecule has 0 bridgehead atoms. The van der Waals surface area contributed by atoms with Gasteiger partial charge in [0.25, 0.3) is 5.92 Å². The molecule has 1 saturated heterocycles. The van der Waals surface area contributed by atoms with Crippen molar-refractivity contribution < 1.29 is 45.0 Å². The predicted molar refractivity (Wildman–Crippen MR) is 97.9 cm³/mol. The lowest BCUT2D eigenvalue weighted by molar-refractivity contribution is -0.138. The lowest BCUT2D eigenvalue weighted by Crippen LogP contribution is -2.48. The SMILES string of the molecule is O=CC1N[C@]2(CCC(F)(F)c3c2cc(-c2ncc(C(F)(F)F)cc2OC(F)F)nc3Cl)CO1. The maximum Gasteiger partial charge on any atom is 0.418 e. The van der Waals surface area contributed by atoms with Crippen molar-refractivity contribution >= 4 is 17.9 Å². The van der Waals surface area contributed by atoms with Crippen LogP contribution in [0.25, 0.3) is 11.4 Å². The summed E-state index contributed by atoms with van der Waals surface area (Å²) >= 11 is 6.05. The molecule has 3 heterocycles. The molecule has 2 aromatic rings. The highest BCUT2D eigenvalue weighted by Crippen LogP contribution is 2.51. The maximum atomic E-state index is 14.7. The molecule has 14 heteroatoms. The van der Waals surface area contributed by atoms with Crippen molar-refractivity contribution in [3.8, 4) is 17.1 Å². The molecule has 2 aromatic heterocycles. The number of carbonyl (C=O) groups is 1. The summed E-state index contributed by atoms with van der Waals surface area (Å²) in [4.78, 5) is 18.5. The Kier molecular flexibility index (Phi) is 5.78. The average Bonchev–Trinajstić information content (AvgIpc) is 3.14. The number of pyridine rings is 2. The fourth-order valence-corrected chi connectivity index (χ4v) is 4.26. The van der Waals surface area contributed by atoms with Crippen molar-refractivity contribution in [1.82, 2.24) is 15.3 Å². The summed E-state index contributed by atoms with van der Waals surface area (Å²) in [5.41, 5.74) is -4.40. The second-order valence-corrected chi connectivity index (χ2v) is 7.82. The van der Waals surface area contributed by atoms with E-state index in [1.54, 1.807) is 0 Å². The summed E-state index contributed by atoms with van der Waals surface area (Å²) in [7, 11) is 0. The molecular formula is C19H13ClF7N3O3. The molecule has 2 atom stereocenters. The van der Waals surface area contributed by atoms with E-state index in [0.29, 0.717) is 18.5 Å². The minimum absolute atomic E-state index is 0.136. The van der Waals surface area contributed by atoms with E-state index in [9.17, 15) is 35.5 Å².